The first-order chi connectivity index (χ1) is 13.4. The number of anilines is 2. The molecule has 1 N–H and O–H groups in total. The van der Waals surface area contributed by atoms with E-state index in [2.05, 4.69) is 10.3 Å². The first kappa shape index (κ1) is 19.3. The number of hydrogen-bond acceptors (Lipinski definition) is 5. The minimum absolute atomic E-state index is 0.112. The monoisotopic (exact) mass is 382 g/mol. The van der Waals surface area contributed by atoms with Crippen LogP contribution in [0, 0.1) is 0 Å². The zero-order valence-corrected chi connectivity index (χ0v) is 16.0. The Balaban J connectivity index is 1.78. The van der Waals surface area contributed by atoms with Gasteiger partial charge in [0.15, 0.2) is 11.9 Å². The van der Waals surface area contributed by atoms with Crippen molar-refractivity contribution in [1.29, 1.82) is 0 Å². The molecule has 1 aromatic carbocycles. The lowest BCUT2D eigenvalue weighted by Crippen LogP contribution is -2.48. The average molecular weight is 382 g/mol. The quantitative estimate of drug-likeness (QED) is 0.853. The highest BCUT2D eigenvalue weighted by Gasteiger charge is 2.33. The molecular formula is C20H22N4O4. The molecule has 2 heterocycles. The van der Waals surface area contributed by atoms with Crippen molar-refractivity contribution in [3.8, 4) is 5.75 Å². The van der Waals surface area contributed by atoms with E-state index in [9.17, 15) is 14.4 Å². The smallest absolute Gasteiger partial charge is 0.269 e. The third kappa shape index (κ3) is 3.95. The normalized spacial score (nSPS) is 14.0. The molecule has 1 aliphatic rings. The Morgan fingerprint density at radius 3 is 2.61 bits per heavy atom. The van der Waals surface area contributed by atoms with Crippen LogP contribution in [0.3, 0.4) is 0 Å². The van der Waals surface area contributed by atoms with Crippen LogP contribution in [0.25, 0.3) is 0 Å². The zero-order valence-electron chi connectivity index (χ0n) is 16.0. The van der Waals surface area contributed by atoms with Gasteiger partial charge in [0.2, 0.25) is 5.91 Å². The number of hydrogen-bond donors (Lipinski definition) is 1. The Labute approximate surface area is 163 Å². The number of carbonyl (C=O) groups is 3. The summed E-state index contributed by atoms with van der Waals surface area (Å²) in [5.74, 6) is 0.136. The van der Waals surface area contributed by atoms with E-state index >= 15 is 0 Å². The molecule has 3 amide bonds. The molecule has 0 bridgehead atoms. The number of rotatable bonds is 5. The van der Waals surface area contributed by atoms with Gasteiger partial charge in [-0.1, -0.05) is 6.92 Å². The van der Waals surface area contributed by atoms with E-state index < -0.39 is 6.10 Å². The van der Waals surface area contributed by atoms with Crippen molar-refractivity contribution in [3.05, 3.63) is 48.2 Å². The van der Waals surface area contributed by atoms with E-state index in [1.54, 1.807) is 56.7 Å². The van der Waals surface area contributed by atoms with Gasteiger partial charge in [0.1, 0.15) is 12.3 Å². The van der Waals surface area contributed by atoms with Gasteiger partial charge in [-0.3, -0.25) is 19.3 Å². The van der Waals surface area contributed by atoms with Gasteiger partial charge >= 0.3 is 0 Å². The maximum absolute atomic E-state index is 13.0. The molecule has 28 heavy (non-hydrogen) atoms. The molecule has 0 aliphatic carbocycles. The highest BCUT2D eigenvalue weighted by atomic mass is 16.5. The van der Waals surface area contributed by atoms with Gasteiger partial charge in [0.25, 0.3) is 11.8 Å². The van der Waals surface area contributed by atoms with E-state index in [0.29, 0.717) is 29.2 Å². The second kappa shape index (κ2) is 8.08. The molecule has 0 saturated heterocycles. The summed E-state index contributed by atoms with van der Waals surface area (Å²) in [6.07, 6.45) is 1.20. The molecule has 0 spiro atoms. The summed E-state index contributed by atoms with van der Waals surface area (Å²) in [5.41, 5.74) is 1.02. The van der Waals surface area contributed by atoms with Gasteiger partial charge in [-0.2, -0.15) is 0 Å². The van der Waals surface area contributed by atoms with Gasteiger partial charge in [-0.15, -0.1) is 0 Å². The van der Waals surface area contributed by atoms with E-state index in [1.807, 2.05) is 6.92 Å². The first-order valence-electron chi connectivity index (χ1n) is 8.95. The molecule has 0 fully saturated rings. The third-order valence-corrected chi connectivity index (χ3v) is 4.32. The molecule has 0 saturated carbocycles. The summed E-state index contributed by atoms with van der Waals surface area (Å²) in [5, 5.41) is 2.71. The highest BCUT2D eigenvalue weighted by molar-refractivity contribution is 6.10. The fraction of sp³-hybridized carbons (Fsp3) is 0.300. The fourth-order valence-electron chi connectivity index (χ4n) is 2.88. The summed E-state index contributed by atoms with van der Waals surface area (Å²) < 4.78 is 5.85. The largest absolute Gasteiger partial charge is 0.481 e. The first-order valence-corrected chi connectivity index (χ1v) is 8.95. The number of fused-ring (bicyclic) bond motifs is 1. The predicted molar refractivity (Wildman–Crippen MR) is 104 cm³/mol. The van der Waals surface area contributed by atoms with E-state index in [0.717, 1.165) is 0 Å². The van der Waals surface area contributed by atoms with E-state index in [1.165, 1.54) is 9.80 Å². The SMILES string of the molecule is CCC(Oc1ccc(C(=O)N(C)C)cc1)C(=O)N1CC(=O)Nc2cccnc21. The minimum Gasteiger partial charge on any atom is -0.481 e. The summed E-state index contributed by atoms with van der Waals surface area (Å²) in [6, 6.07) is 10.0. The van der Waals surface area contributed by atoms with Crippen LogP contribution in [0.5, 0.6) is 5.75 Å². The van der Waals surface area contributed by atoms with Crippen LogP contribution < -0.4 is 15.0 Å². The summed E-state index contributed by atoms with van der Waals surface area (Å²) in [7, 11) is 3.36. The van der Waals surface area contributed by atoms with Gasteiger partial charge in [0, 0.05) is 25.9 Å². The Morgan fingerprint density at radius 1 is 1.25 bits per heavy atom. The summed E-state index contributed by atoms with van der Waals surface area (Å²) in [4.78, 5) is 44.0. The second-order valence-corrected chi connectivity index (χ2v) is 6.59. The molecule has 1 aliphatic heterocycles. The number of nitrogens with zero attached hydrogens (tertiary/aromatic N) is 3. The van der Waals surface area contributed by atoms with Crippen LogP contribution in [0.15, 0.2) is 42.6 Å². The number of ether oxygens (including phenoxy) is 1. The van der Waals surface area contributed by atoms with Crippen molar-refractivity contribution in [2.75, 3.05) is 30.9 Å². The summed E-state index contributed by atoms with van der Waals surface area (Å²) in [6.45, 7) is 1.72. The van der Waals surface area contributed by atoms with Crippen molar-refractivity contribution in [3.63, 3.8) is 0 Å². The number of nitrogens with one attached hydrogen (secondary N) is 1. The van der Waals surface area contributed by atoms with E-state index in [-0.39, 0.29) is 24.3 Å². The van der Waals surface area contributed by atoms with Crippen LogP contribution in [0.2, 0.25) is 0 Å². The van der Waals surface area contributed by atoms with Crippen LogP contribution in [-0.2, 0) is 9.59 Å². The predicted octanol–water partition coefficient (Wildman–Crippen LogP) is 1.93. The van der Waals surface area contributed by atoms with Crippen molar-refractivity contribution in [2.45, 2.75) is 19.4 Å². The molecule has 3 rings (SSSR count). The number of pyridine rings is 1. The van der Waals surface area contributed by atoms with Crippen LogP contribution in [0.4, 0.5) is 11.5 Å². The third-order valence-electron chi connectivity index (χ3n) is 4.32. The topological polar surface area (TPSA) is 91.8 Å². The molecule has 1 aromatic heterocycles. The van der Waals surface area contributed by atoms with Crippen molar-refractivity contribution >= 4 is 29.2 Å². The van der Waals surface area contributed by atoms with Gasteiger partial charge < -0.3 is 15.0 Å². The Morgan fingerprint density at radius 2 is 1.96 bits per heavy atom. The average Bonchev–Trinajstić information content (AvgIpc) is 2.70. The number of benzene rings is 1. The molecule has 8 nitrogen and oxygen atoms in total. The molecular weight excluding hydrogens is 360 g/mol. The summed E-state index contributed by atoms with van der Waals surface area (Å²) >= 11 is 0. The molecule has 1 unspecified atom stereocenters. The van der Waals surface area contributed by atoms with Crippen molar-refractivity contribution in [1.82, 2.24) is 9.88 Å². The highest BCUT2D eigenvalue weighted by Crippen LogP contribution is 2.28. The van der Waals surface area contributed by atoms with Gasteiger partial charge in [0.05, 0.1) is 5.69 Å². The lowest BCUT2D eigenvalue weighted by atomic mass is 10.1. The molecule has 8 heteroatoms. The van der Waals surface area contributed by atoms with Gasteiger partial charge in [-0.25, -0.2) is 4.98 Å². The second-order valence-electron chi connectivity index (χ2n) is 6.59. The number of carbonyl (C=O) groups excluding carboxylic acids is 3. The van der Waals surface area contributed by atoms with E-state index in [4.69, 9.17) is 4.74 Å². The maximum Gasteiger partial charge on any atom is 0.269 e. The number of amides is 3. The molecule has 2 aromatic rings. The van der Waals surface area contributed by atoms with Gasteiger partial charge in [-0.05, 0) is 42.8 Å². The molecule has 146 valence electrons. The van der Waals surface area contributed by atoms with Crippen molar-refractivity contribution in [2.24, 2.45) is 0 Å². The maximum atomic E-state index is 13.0. The lowest BCUT2D eigenvalue weighted by Gasteiger charge is -2.30. The number of aromatic nitrogens is 1. The van der Waals surface area contributed by atoms with Crippen molar-refractivity contribution < 1.29 is 19.1 Å². The molecule has 1 atom stereocenters. The zero-order chi connectivity index (χ0) is 20.3. The fourth-order valence-corrected chi connectivity index (χ4v) is 2.88. The van der Waals surface area contributed by atoms with Crippen LogP contribution in [0.1, 0.15) is 23.7 Å². The van der Waals surface area contributed by atoms with Crippen LogP contribution >= 0.6 is 0 Å². The minimum atomic E-state index is -0.781. The Kier molecular flexibility index (Phi) is 5.58. The lowest BCUT2D eigenvalue weighted by molar-refractivity contribution is -0.127. The Hall–Kier alpha value is -3.42. The standard InChI is InChI=1S/C20H22N4O4/c1-4-16(28-14-9-7-13(8-10-14)19(26)23(2)3)20(27)24-12-17(25)22-15-6-5-11-21-18(15)24/h5-11,16H,4,12H2,1-3H3,(H,22,25). The van der Waals surface area contributed by atoms with Crippen LogP contribution in [-0.4, -0.2) is 54.3 Å². The Bertz CT molecular complexity index is 895. The molecule has 0 radical (unpaired) electrons.